The first kappa shape index (κ1) is 33.1. The van der Waals surface area contributed by atoms with E-state index in [1.165, 1.54) is 24.1 Å². The number of sulfonamides is 1. The van der Waals surface area contributed by atoms with Crippen molar-refractivity contribution in [2.24, 2.45) is 0 Å². The van der Waals surface area contributed by atoms with Crippen molar-refractivity contribution in [1.82, 2.24) is 10.2 Å². The summed E-state index contributed by atoms with van der Waals surface area (Å²) in [6, 6.07) is 19.2. The Bertz CT molecular complexity index is 1550. The van der Waals surface area contributed by atoms with Crippen molar-refractivity contribution in [1.29, 1.82) is 0 Å². The number of carbonyl (C=O) groups is 2. The fourth-order valence-electron chi connectivity index (χ4n) is 4.48. The SMILES string of the molecule is COc1ccc([N+](=O)[O-])cc1N(CC(=O)N(Cc1ccc(C)cc1)[C@H](Cc1ccccc1)C(=O)NC(C)(C)C)S(C)(=O)=O. The Morgan fingerprint density at radius 1 is 1.00 bits per heavy atom. The number of amides is 2. The molecular weight excluding hydrogens is 572 g/mol. The van der Waals surface area contributed by atoms with Gasteiger partial charge in [0, 0.05) is 30.6 Å². The quantitative estimate of drug-likeness (QED) is 0.239. The molecule has 1 N–H and O–H groups in total. The highest BCUT2D eigenvalue weighted by Crippen LogP contribution is 2.34. The van der Waals surface area contributed by atoms with Gasteiger partial charge in [0.25, 0.3) is 5.69 Å². The van der Waals surface area contributed by atoms with Crippen molar-refractivity contribution in [3.63, 3.8) is 0 Å². The number of rotatable bonds is 12. The molecule has 230 valence electrons. The first-order valence-corrected chi connectivity index (χ1v) is 15.4. The van der Waals surface area contributed by atoms with Crippen LogP contribution < -0.4 is 14.4 Å². The summed E-state index contributed by atoms with van der Waals surface area (Å²) in [4.78, 5) is 40.2. The second-order valence-electron chi connectivity index (χ2n) is 11.3. The van der Waals surface area contributed by atoms with E-state index in [1.807, 2.05) is 82.3 Å². The largest absolute Gasteiger partial charge is 0.495 e. The third-order valence-corrected chi connectivity index (χ3v) is 7.69. The van der Waals surface area contributed by atoms with Crippen molar-refractivity contribution >= 4 is 33.2 Å². The molecule has 3 aromatic rings. The predicted octanol–water partition coefficient (Wildman–Crippen LogP) is 4.23. The maximum absolute atomic E-state index is 14.2. The topological polar surface area (TPSA) is 139 Å². The van der Waals surface area contributed by atoms with Gasteiger partial charge in [0.05, 0.1) is 18.3 Å². The van der Waals surface area contributed by atoms with Gasteiger partial charge in [0.1, 0.15) is 24.0 Å². The highest BCUT2D eigenvalue weighted by molar-refractivity contribution is 7.92. The number of ether oxygens (including phenoxy) is 1. The van der Waals surface area contributed by atoms with Gasteiger partial charge in [-0.15, -0.1) is 0 Å². The summed E-state index contributed by atoms with van der Waals surface area (Å²) in [7, 11) is -2.86. The molecule has 0 heterocycles. The van der Waals surface area contributed by atoms with Crippen LogP contribution in [0.5, 0.6) is 5.75 Å². The zero-order valence-electron chi connectivity index (χ0n) is 25.2. The first-order valence-electron chi connectivity index (χ1n) is 13.6. The maximum Gasteiger partial charge on any atom is 0.271 e. The lowest BCUT2D eigenvalue weighted by Gasteiger charge is -2.35. The van der Waals surface area contributed by atoms with Gasteiger partial charge in [-0.25, -0.2) is 8.42 Å². The number of nitrogens with one attached hydrogen (secondary N) is 1. The summed E-state index contributed by atoms with van der Waals surface area (Å²) < 4.78 is 32.2. The lowest BCUT2D eigenvalue weighted by atomic mass is 10.0. The molecule has 0 unspecified atom stereocenters. The molecule has 0 bridgehead atoms. The van der Waals surface area contributed by atoms with E-state index in [4.69, 9.17) is 4.74 Å². The molecule has 3 rings (SSSR count). The highest BCUT2D eigenvalue weighted by Gasteiger charge is 2.35. The number of anilines is 1. The van der Waals surface area contributed by atoms with Crippen LogP contribution in [0, 0.1) is 17.0 Å². The van der Waals surface area contributed by atoms with Crippen LogP contribution in [0.3, 0.4) is 0 Å². The molecule has 0 radical (unpaired) electrons. The summed E-state index contributed by atoms with van der Waals surface area (Å²) >= 11 is 0. The zero-order chi connectivity index (χ0) is 31.9. The van der Waals surface area contributed by atoms with E-state index in [-0.39, 0.29) is 30.1 Å². The number of methoxy groups -OCH3 is 1. The molecule has 3 aromatic carbocycles. The lowest BCUT2D eigenvalue weighted by Crippen LogP contribution is -2.56. The molecule has 11 nitrogen and oxygen atoms in total. The van der Waals surface area contributed by atoms with Crippen LogP contribution in [0.15, 0.2) is 72.8 Å². The summed E-state index contributed by atoms with van der Waals surface area (Å²) in [6.07, 6.45) is 1.07. The van der Waals surface area contributed by atoms with Crippen LogP contribution in [0.25, 0.3) is 0 Å². The van der Waals surface area contributed by atoms with Crippen LogP contribution >= 0.6 is 0 Å². The van der Waals surface area contributed by atoms with Gasteiger partial charge in [-0.3, -0.25) is 24.0 Å². The second-order valence-corrected chi connectivity index (χ2v) is 13.2. The number of nitro benzene ring substituents is 1. The van der Waals surface area contributed by atoms with Gasteiger partial charge in [-0.05, 0) is 44.9 Å². The highest BCUT2D eigenvalue weighted by atomic mass is 32.2. The molecule has 43 heavy (non-hydrogen) atoms. The number of hydrogen-bond acceptors (Lipinski definition) is 7. The standard InChI is InChI=1S/C31H38N4O7S/c1-22-12-14-24(15-13-22)20-33(27(30(37)32-31(2,3)4)18-23-10-8-7-9-11-23)29(36)21-34(43(6,40)41)26-19-25(35(38)39)16-17-28(26)42-5/h7-17,19,27H,18,20-21H2,1-6H3,(H,32,37)/t27-/m1/s1. The molecule has 0 spiro atoms. The van der Waals surface area contributed by atoms with E-state index >= 15 is 0 Å². The average Bonchev–Trinajstić information content (AvgIpc) is 2.93. The summed E-state index contributed by atoms with van der Waals surface area (Å²) in [6.45, 7) is 6.70. The molecule has 0 fully saturated rings. The van der Waals surface area contributed by atoms with E-state index in [0.717, 1.165) is 33.3 Å². The minimum Gasteiger partial charge on any atom is -0.495 e. The monoisotopic (exact) mass is 610 g/mol. The Balaban J connectivity index is 2.14. The Kier molecular flexibility index (Phi) is 10.5. The Morgan fingerprint density at radius 2 is 1.63 bits per heavy atom. The fourth-order valence-corrected chi connectivity index (χ4v) is 5.32. The van der Waals surface area contributed by atoms with E-state index in [9.17, 15) is 28.1 Å². The molecule has 0 aromatic heterocycles. The summed E-state index contributed by atoms with van der Waals surface area (Å²) in [5, 5.41) is 14.5. The van der Waals surface area contributed by atoms with Crippen LogP contribution in [0.2, 0.25) is 0 Å². The van der Waals surface area contributed by atoms with Crippen LogP contribution in [-0.2, 0) is 32.6 Å². The van der Waals surface area contributed by atoms with Gasteiger partial charge in [0.2, 0.25) is 21.8 Å². The van der Waals surface area contributed by atoms with Crippen LogP contribution in [0.4, 0.5) is 11.4 Å². The number of nitro groups is 1. The van der Waals surface area contributed by atoms with Gasteiger partial charge in [-0.2, -0.15) is 0 Å². The first-order chi connectivity index (χ1) is 20.1. The Hall–Kier alpha value is -4.45. The minimum absolute atomic E-state index is 0.0118. The molecule has 1 atom stereocenters. The Morgan fingerprint density at radius 3 is 2.16 bits per heavy atom. The molecule has 0 aliphatic heterocycles. The normalized spacial score (nSPS) is 12.2. The fraction of sp³-hybridized carbons (Fsp3) is 0.355. The molecule has 0 aliphatic carbocycles. The summed E-state index contributed by atoms with van der Waals surface area (Å²) in [5.74, 6) is -1.06. The van der Waals surface area contributed by atoms with Crippen molar-refractivity contribution < 1.29 is 27.7 Å². The minimum atomic E-state index is -4.15. The average molecular weight is 611 g/mol. The Labute approximate surface area is 252 Å². The third-order valence-electron chi connectivity index (χ3n) is 6.56. The van der Waals surface area contributed by atoms with Gasteiger partial charge >= 0.3 is 0 Å². The molecule has 0 saturated heterocycles. The maximum atomic E-state index is 14.2. The molecule has 12 heteroatoms. The number of benzene rings is 3. The van der Waals surface area contributed by atoms with Crippen LogP contribution in [-0.4, -0.2) is 61.5 Å². The number of aryl methyl sites for hydroxylation is 1. The zero-order valence-corrected chi connectivity index (χ0v) is 26.1. The van der Waals surface area contributed by atoms with Gasteiger partial charge < -0.3 is 15.0 Å². The van der Waals surface area contributed by atoms with E-state index in [1.54, 1.807) is 0 Å². The number of carbonyl (C=O) groups excluding carboxylic acids is 2. The lowest BCUT2D eigenvalue weighted by molar-refractivity contribution is -0.384. The molecule has 0 saturated carbocycles. The summed E-state index contributed by atoms with van der Waals surface area (Å²) in [5.41, 5.74) is 1.40. The van der Waals surface area contributed by atoms with Crippen molar-refractivity contribution in [3.05, 3.63) is 99.6 Å². The smallest absolute Gasteiger partial charge is 0.271 e. The van der Waals surface area contributed by atoms with Gasteiger partial charge in [-0.1, -0.05) is 60.2 Å². The number of hydrogen-bond donors (Lipinski definition) is 1. The van der Waals surface area contributed by atoms with Crippen molar-refractivity contribution in [2.45, 2.75) is 52.2 Å². The third kappa shape index (κ3) is 9.27. The van der Waals surface area contributed by atoms with E-state index in [2.05, 4.69) is 5.32 Å². The predicted molar refractivity (Wildman–Crippen MR) is 165 cm³/mol. The van der Waals surface area contributed by atoms with E-state index in [0.29, 0.717) is 0 Å². The number of non-ortho nitro benzene ring substituents is 1. The number of nitrogens with zero attached hydrogens (tertiary/aromatic N) is 3. The van der Waals surface area contributed by atoms with Crippen LogP contribution in [0.1, 0.15) is 37.5 Å². The van der Waals surface area contributed by atoms with Crippen molar-refractivity contribution in [3.8, 4) is 5.75 Å². The molecule has 2 amide bonds. The second kappa shape index (κ2) is 13.7. The van der Waals surface area contributed by atoms with Gasteiger partial charge in [0.15, 0.2) is 0 Å². The molecule has 0 aliphatic rings. The van der Waals surface area contributed by atoms with E-state index < -0.39 is 44.9 Å². The van der Waals surface area contributed by atoms with Crippen molar-refractivity contribution in [2.75, 3.05) is 24.2 Å². The molecular formula is C31H38N4O7S.